The molecule has 0 N–H and O–H groups in total. The Balaban J connectivity index is 1.94. The van der Waals surface area contributed by atoms with Gasteiger partial charge in [0.05, 0.1) is 0 Å². The van der Waals surface area contributed by atoms with E-state index in [1.165, 1.54) is 36.8 Å². The van der Waals surface area contributed by atoms with Crippen LogP contribution in [0, 0.1) is 11.3 Å². The van der Waals surface area contributed by atoms with Crippen molar-refractivity contribution in [2.45, 2.75) is 66.0 Å². The van der Waals surface area contributed by atoms with Gasteiger partial charge in [-0.15, -0.1) is 0 Å². The molecule has 0 fully saturated rings. The van der Waals surface area contributed by atoms with Crippen LogP contribution in [0.25, 0.3) is 0 Å². The van der Waals surface area contributed by atoms with Gasteiger partial charge < -0.3 is 0 Å². The van der Waals surface area contributed by atoms with Gasteiger partial charge in [0.1, 0.15) is 0 Å². The Morgan fingerprint density at radius 1 is 0.846 bits per heavy atom. The molecule has 2 atom stereocenters. The van der Waals surface area contributed by atoms with Gasteiger partial charge in [0, 0.05) is 12.6 Å². The minimum atomic E-state index is 0.372. The lowest BCUT2D eigenvalue weighted by molar-refractivity contribution is 0.176. The first-order valence-electron chi connectivity index (χ1n) is 10.2. The number of nitrogens with zero attached hydrogens (tertiary/aromatic N) is 1. The molecular weight excluding hydrogens is 314 g/mol. The van der Waals surface area contributed by atoms with Crippen molar-refractivity contribution < 1.29 is 0 Å². The van der Waals surface area contributed by atoms with Crippen molar-refractivity contribution in [3.05, 3.63) is 71.8 Å². The fraction of sp³-hybridized carbons (Fsp3) is 0.520. The van der Waals surface area contributed by atoms with E-state index in [2.05, 4.69) is 100 Å². The molecule has 2 unspecified atom stereocenters. The Labute approximate surface area is 161 Å². The summed E-state index contributed by atoms with van der Waals surface area (Å²) in [5, 5.41) is 0. The van der Waals surface area contributed by atoms with Gasteiger partial charge in [-0.2, -0.15) is 0 Å². The molecule has 0 aliphatic heterocycles. The zero-order chi connectivity index (χ0) is 19.0. The van der Waals surface area contributed by atoms with E-state index in [4.69, 9.17) is 0 Å². The van der Waals surface area contributed by atoms with Crippen molar-refractivity contribution in [2.75, 3.05) is 7.05 Å². The highest BCUT2D eigenvalue weighted by Crippen LogP contribution is 2.36. The maximum Gasteiger partial charge on any atom is 0.0233 e. The third-order valence-electron chi connectivity index (χ3n) is 5.57. The van der Waals surface area contributed by atoms with Crippen LogP contribution in [0.3, 0.4) is 0 Å². The van der Waals surface area contributed by atoms with Crippen LogP contribution < -0.4 is 0 Å². The predicted octanol–water partition coefficient (Wildman–Crippen LogP) is 6.58. The first-order chi connectivity index (χ1) is 12.4. The summed E-state index contributed by atoms with van der Waals surface area (Å²) in [6.07, 6.45) is 5.00. The van der Waals surface area contributed by atoms with Crippen LogP contribution in [0.5, 0.6) is 0 Å². The largest absolute Gasteiger partial charge is 0.299 e. The molecule has 26 heavy (non-hydrogen) atoms. The molecule has 0 heterocycles. The van der Waals surface area contributed by atoms with Crippen LogP contribution in [0.1, 0.15) is 58.1 Å². The minimum Gasteiger partial charge on any atom is -0.299 e. The smallest absolute Gasteiger partial charge is 0.0233 e. The van der Waals surface area contributed by atoms with E-state index in [0.717, 1.165) is 12.5 Å². The van der Waals surface area contributed by atoms with E-state index in [0.29, 0.717) is 11.5 Å². The Kier molecular flexibility index (Phi) is 7.90. The van der Waals surface area contributed by atoms with Crippen LogP contribution in [-0.2, 0) is 13.0 Å². The van der Waals surface area contributed by atoms with Gasteiger partial charge >= 0.3 is 0 Å². The Morgan fingerprint density at radius 2 is 1.38 bits per heavy atom. The third kappa shape index (κ3) is 6.96. The lowest BCUT2D eigenvalue weighted by Gasteiger charge is -2.34. The quantitative estimate of drug-likeness (QED) is 0.467. The molecular formula is C25H37N. The second-order valence-electron chi connectivity index (χ2n) is 8.86. The van der Waals surface area contributed by atoms with Gasteiger partial charge in [-0.25, -0.2) is 0 Å². The van der Waals surface area contributed by atoms with Crippen LogP contribution in [0.15, 0.2) is 60.7 Å². The molecule has 0 aromatic heterocycles. The van der Waals surface area contributed by atoms with Gasteiger partial charge in [-0.05, 0) is 62.1 Å². The van der Waals surface area contributed by atoms with Gasteiger partial charge in [-0.3, -0.25) is 4.90 Å². The van der Waals surface area contributed by atoms with Crippen molar-refractivity contribution in [2.24, 2.45) is 11.3 Å². The molecule has 2 aromatic rings. The Morgan fingerprint density at radius 3 is 1.92 bits per heavy atom. The summed E-state index contributed by atoms with van der Waals surface area (Å²) in [6.45, 7) is 10.6. The molecule has 0 saturated carbocycles. The molecule has 0 spiro atoms. The molecule has 0 aliphatic carbocycles. The predicted molar refractivity (Wildman–Crippen MR) is 114 cm³/mol. The summed E-state index contributed by atoms with van der Waals surface area (Å²) in [5.41, 5.74) is 3.24. The lowest BCUT2D eigenvalue weighted by Crippen LogP contribution is -2.31. The van der Waals surface area contributed by atoms with Crippen LogP contribution in [0.2, 0.25) is 0 Å². The van der Waals surface area contributed by atoms with Gasteiger partial charge in [-0.1, -0.05) is 81.4 Å². The molecule has 0 aliphatic rings. The molecule has 0 bridgehead atoms. The zero-order valence-electron chi connectivity index (χ0n) is 17.4. The van der Waals surface area contributed by atoms with Crippen molar-refractivity contribution >= 4 is 0 Å². The first-order valence-corrected chi connectivity index (χ1v) is 10.2. The van der Waals surface area contributed by atoms with E-state index in [1.807, 2.05) is 0 Å². The lowest BCUT2D eigenvalue weighted by atomic mass is 9.73. The average Bonchev–Trinajstić information content (AvgIpc) is 2.60. The van der Waals surface area contributed by atoms with Gasteiger partial charge in [0.25, 0.3) is 0 Å². The van der Waals surface area contributed by atoms with E-state index in [-0.39, 0.29) is 0 Å². The molecule has 1 nitrogen and oxygen atoms in total. The highest BCUT2D eigenvalue weighted by molar-refractivity contribution is 5.16. The fourth-order valence-electron chi connectivity index (χ4n) is 4.14. The Hall–Kier alpha value is -1.60. The van der Waals surface area contributed by atoms with Crippen molar-refractivity contribution in [1.29, 1.82) is 0 Å². The second-order valence-corrected chi connectivity index (χ2v) is 8.86. The summed E-state index contributed by atoms with van der Waals surface area (Å²) in [7, 11) is 2.26. The monoisotopic (exact) mass is 351 g/mol. The second kappa shape index (κ2) is 9.92. The average molecular weight is 352 g/mol. The first kappa shape index (κ1) is 20.7. The van der Waals surface area contributed by atoms with Crippen molar-refractivity contribution in [3.8, 4) is 0 Å². The molecule has 0 radical (unpaired) electrons. The Bertz CT molecular complexity index is 619. The summed E-state index contributed by atoms with van der Waals surface area (Å²) >= 11 is 0. The van der Waals surface area contributed by atoms with Crippen molar-refractivity contribution in [3.63, 3.8) is 0 Å². The minimum absolute atomic E-state index is 0.372. The summed E-state index contributed by atoms with van der Waals surface area (Å²) in [4.78, 5) is 2.49. The van der Waals surface area contributed by atoms with Gasteiger partial charge in [0.15, 0.2) is 0 Å². The molecule has 0 saturated heterocycles. The van der Waals surface area contributed by atoms with Crippen LogP contribution in [-0.4, -0.2) is 18.0 Å². The number of rotatable bonds is 10. The van der Waals surface area contributed by atoms with E-state index >= 15 is 0 Å². The normalized spacial score (nSPS) is 15.2. The topological polar surface area (TPSA) is 3.24 Å². The number of hydrogen-bond donors (Lipinski definition) is 0. The molecule has 142 valence electrons. The van der Waals surface area contributed by atoms with E-state index in [1.54, 1.807) is 0 Å². The number of benzene rings is 2. The third-order valence-corrected chi connectivity index (χ3v) is 5.57. The molecule has 0 amide bonds. The van der Waals surface area contributed by atoms with Gasteiger partial charge in [0.2, 0.25) is 0 Å². The summed E-state index contributed by atoms with van der Waals surface area (Å²) in [5.74, 6) is 0.737. The SMILES string of the molecule is CC(C)CC(C)(CCC(C)N(C)Cc1ccccc1)Cc1ccccc1. The number of hydrogen-bond acceptors (Lipinski definition) is 1. The highest BCUT2D eigenvalue weighted by atomic mass is 15.1. The maximum atomic E-state index is 2.49. The van der Waals surface area contributed by atoms with E-state index in [9.17, 15) is 0 Å². The highest BCUT2D eigenvalue weighted by Gasteiger charge is 2.27. The van der Waals surface area contributed by atoms with Crippen LogP contribution >= 0.6 is 0 Å². The molecule has 2 aromatic carbocycles. The summed E-state index contributed by atoms with van der Waals surface area (Å²) in [6, 6.07) is 22.4. The van der Waals surface area contributed by atoms with E-state index < -0.39 is 0 Å². The van der Waals surface area contributed by atoms with Crippen LogP contribution in [0.4, 0.5) is 0 Å². The standard InChI is InChI=1S/C25H37N/c1-21(2)18-25(4,19-23-12-8-6-9-13-23)17-16-22(3)26(5)20-24-14-10-7-11-15-24/h6-15,21-22H,16-20H2,1-5H3. The zero-order valence-corrected chi connectivity index (χ0v) is 17.4. The summed E-state index contributed by atoms with van der Waals surface area (Å²) < 4.78 is 0. The maximum absolute atomic E-state index is 2.49. The van der Waals surface area contributed by atoms with Crippen molar-refractivity contribution in [1.82, 2.24) is 4.90 Å². The molecule has 1 heteroatoms. The molecule has 2 rings (SSSR count). The fourth-order valence-corrected chi connectivity index (χ4v) is 4.14.